The Morgan fingerprint density at radius 3 is 2.82 bits per heavy atom. The molecule has 0 radical (unpaired) electrons. The summed E-state index contributed by atoms with van der Waals surface area (Å²) < 4.78 is 0. The largest absolute Gasteiger partial charge is 0.392 e. The van der Waals surface area contributed by atoms with Crippen LogP contribution in [0.1, 0.15) is 32.8 Å². The second-order valence-electron chi connectivity index (χ2n) is 5.96. The van der Waals surface area contributed by atoms with Crippen LogP contribution >= 0.6 is 0 Å². The first-order chi connectivity index (χ1) is 8.02. The number of aliphatic hydroxyl groups is 1. The molecule has 2 heterocycles. The Kier molecular flexibility index (Phi) is 3.38. The van der Waals surface area contributed by atoms with Gasteiger partial charge in [0.1, 0.15) is 0 Å². The molecule has 17 heavy (non-hydrogen) atoms. The predicted octanol–water partition coefficient (Wildman–Crippen LogP) is 2.45. The Morgan fingerprint density at radius 1 is 1.47 bits per heavy atom. The van der Waals surface area contributed by atoms with Gasteiger partial charge in [0.15, 0.2) is 0 Å². The molecule has 1 aromatic rings. The van der Waals surface area contributed by atoms with Crippen LogP contribution < -0.4 is 4.90 Å². The van der Waals surface area contributed by atoms with Crippen molar-refractivity contribution in [3.63, 3.8) is 0 Å². The topological polar surface area (TPSA) is 36.4 Å². The molecule has 1 aliphatic heterocycles. The molecule has 1 aliphatic rings. The van der Waals surface area contributed by atoms with E-state index in [1.165, 1.54) is 6.42 Å². The van der Waals surface area contributed by atoms with E-state index in [1.807, 2.05) is 6.07 Å². The Balaban J connectivity index is 2.15. The first-order valence-electron chi connectivity index (χ1n) is 6.31. The zero-order valence-corrected chi connectivity index (χ0v) is 11.0. The van der Waals surface area contributed by atoms with Gasteiger partial charge in [0, 0.05) is 36.7 Å². The molecule has 1 atom stereocenters. The van der Waals surface area contributed by atoms with Crippen molar-refractivity contribution in [1.29, 1.82) is 0 Å². The molecule has 0 bridgehead atoms. The summed E-state index contributed by atoms with van der Waals surface area (Å²) in [6.45, 7) is 9.15. The lowest BCUT2D eigenvalue weighted by Crippen LogP contribution is -2.26. The van der Waals surface area contributed by atoms with Gasteiger partial charge in [-0.2, -0.15) is 0 Å². The minimum absolute atomic E-state index is 0.0693. The van der Waals surface area contributed by atoms with E-state index in [9.17, 15) is 5.11 Å². The van der Waals surface area contributed by atoms with Crippen LogP contribution in [0.2, 0.25) is 0 Å². The Morgan fingerprint density at radius 2 is 2.24 bits per heavy atom. The standard InChI is InChI=1S/C14H22N2O/c1-14(2,3)12-5-7-16(9-12)13-4-6-15-8-11(13)10-17/h4,6,8,12,17H,5,7,9-10H2,1-3H3. The van der Waals surface area contributed by atoms with E-state index in [-0.39, 0.29) is 6.61 Å². The second-order valence-corrected chi connectivity index (χ2v) is 5.96. The van der Waals surface area contributed by atoms with Crippen molar-refractivity contribution in [2.24, 2.45) is 11.3 Å². The van der Waals surface area contributed by atoms with Gasteiger partial charge in [0.25, 0.3) is 0 Å². The van der Waals surface area contributed by atoms with Crippen LogP contribution in [0.25, 0.3) is 0 Å². The molecule has 0 amide bonds. The number of pyridine rings is 1. The number of hydrogen-bond donors (Lipinski definition) is 1. The van der Waals surface area contributed by atoms with Gasteiger partial charge in [-0.3, -0.25) is 4.98 Å². The SMILES string of the molecule is CC(C)(C)C1CCN(c2ccncc2CO)C1. The molecule has 1 saturated heterocycles. The number of rotatable bonds is 2. The van der Waals surface area contributed by atoms with Gasteiger partial charge in [-0.15, -0.1) is 0 Å². The third-order valence-corrected chi connectivity index (χ3v) is 3.80. The van der Waals surface area contributed by atoms with E-state index < -0.39 is 0 Å². The lowest BCUT2D eigenvalue weighted by atomic mass is 9.80. The van der Waals surface area contributed by atoms with Gasteiger partial charge in [-0.1, -0.05) is 20.8 Å². The van der Waals surface area contributed by atoms with Crippen LogP contribution in [-0.4, -0.2) is 23.2 Å². The summed E-state index contributed by atoms with van der Waals surface area (Å²) in [5.41, 5.74) is 2.44. The van der Waals surface area contributed by atoms with Crippen LogP contribution in [0, 0.1) is 11.3 Å². The Labute approximate surface area is 103 Å². The van der Waals surface area contributed by atoms with Crippen molar-refractivity contribution < 1.29 is 5.11 Å². The molecule has 1 unspecified atom stereocenters. The van der Waals surface area contributed by atoms with Gasteiger partial charge in [-0.05, 0) is 23.8 Å². The van der Waals surface area contributed by atoms with E-state index >= 15 is 0 Å². The van der Waals surface area contributed by atoms with E-state index in [2.05, 4.69) is 30.7 Å². The molecule has 0 saturated carbocycles. The Bertz CT molecular complexity index is 384. The maximum absolute atomic E-state index is 9.34. The summed E-state index contributed by atoms with van der Waals surface area (Å²) >= 11 is 0. The minimum atomic E-state index is 0.0693. The highest BCUT2D eigenvalue weighted by Gasteiger charge is 2.32. The highest BCUT2D eigenvalue weighted by molar-refractivity contribution is 5.52. The molecule has 1 fully saturated rings. The molecular formula is C14H22N2O. The first kappa shape index (κ1) is 12.4. The van der Waals surface area contributed by atoms with Crippen LogP contribution in [0.3, 0.4) is 0 Å². The van der Waals surface area contributed by atoms with Gasteiger partial charge < -0.3 is 10.0 Å². The first-order valence-corrected chi connectivity index (χ1v) is 6.31. The predicted molar refractivity (Wildman–Crippen MR) is 69.9 cm³/mol. The summed E-state index contributed by atoms with van der Waals surface area (Å²) in [5.74, 6) is 0.724. The smallest absolute Gasteiger partial charge is 0.0717 e. The molecule has 0 aliphatic carbocycles. The molecule has 1 aromatic heterocycles. The molecule has 0 aromatic carbocycles. The van der Waals surface area contributed by atoms with Crippen molar-refractivity contribution in [1.82, 2.24) is 4.98 Å². The van der Waals surface area contributed by atoms with E-state index in [4.69, 9.17) is 0 Å². The van der Waals surface area contributed by atoms with Crippen LogP contribution in [-0.2, 0) is 6.61 Å². The van der Waals surface area contributed by atoms with Gasteiger partial charge >= 0.3 is 0 Å². The number of nitrogens with zero attached hydrogens (tertiary/aromatic N) is 2. The van der Waals surface area contributed by atoms with Crippen molar-refractivity contribution in [2.75, 3.05) is 18.0 Å². The van der Waals surface area contributed by atoms with Gasteiger partial charge in [0.2, 0.25) is 0 Å². The van der Waals surface area contributed by atoms with E-state index in [0.29, 0.717) is 5.41 Å². The fraction of sp³-hybridized carbons (Fsp3) is 0.643. The lowest BCUT2D eigenvalue weighted by molar-refractivity contribution is 0.263. The van der Waals surface area contributed by atoms with E-state index in [1.54, 1.807) is 12.4 Å². The van der Waals surface area contributed by atoms with Crippen molar-refractivity contribution in [3.05, 3.63) is 24.0 Å². The minimum Gasteiger partial charge on any atom is -0.392 e. The highest BCUT2D eigenvalue weighted by atomic mass is 16.3. The van der Waals surface area contributed by atoms with Crippen LogP contribution in [0.5, 0.6) is 0 Å². The molecule has 2 rings (SSSR count). The average molecular weight is 234 g/mol. The summed E-state index contributed by atoms with van der Waals surface area (Å²) in [6, 6.07) is 2.01. The van der Waals surface area contributed by atoms with Crippen molar-refractivity contribution in [2.45, 2.75) is 33.8 Å². The maximum Gasteiger partial charge on any atom is 0.0717 e. The second kappa shape index (κ2) is 4.65. The van der Waals surface area contributed by atoms with Crippen LogP contribution in [0.15, 0.2) is 18.5 Å². The molecule has 3 heteroatoms. The fourth-order valence-corrected chi connectivity index (χ4v) is 2.54. The average Bonchev–Trinajstić information content (AvgIpc) is 2.77. The summed E-state index contributed by atoms with van der Waals surface area (Å²) in [5, 5.41) is 9.34. The summed E-state index contributed by atoms with van der Waals surface area (Å²) in [6.07, 6.45) is 4.80. The van der Waals surface area contributed by atoms with Crippen LogP contribution in [0.4, 0.5) is 5.69 Å². The third-order valence-electron chi connectivity index (χ3n) is 3.80. The lowest BCUT2D eigenvalue weighted by Gasteiger charge is -2.28. The molecule has 1 N–H and O–H groups in total. The fourth-order valence-electron chi connectivity index (χ4n) is 2.54. The quantitative estimate of drug-likeness (QED) is 0.854. The molecule has 0 spiro atoms. The summed E-state index contributed by atoms with van der Waals surface area (Å²) in [4.78, 5) is 6.45. The monoisotopic (exact) mass is 234 g/mol. The normalized spacial score (nSPS) is 20.9. The van der Waals surface area contributed by atoms with Gasteiger partial charge in [0.05, 0.1) is 6.61 Å². The molecule has 3 nitrogen and oxygen atoms in total. The highest BCUT2D eigenvalue weighted by Crippen LogP contribution is 2.36. The number of aromatic nitrogens is 1. The van der Waals surface area contributed by atoms with Gasteiger partial charge in [-0.25, -0.2) is 0 Å². The summed E-state index contributed by atoms with van der Waals surface area (Å²) in [7, 11) is 0. The number of anilines is 1. The number of hydrogen-bond acceptors (Lipinski definition) is 3. The number of aliphatic hydroxyl groups excluding tert-OH is 1. The maximum atomic E-state index is 9.34. The van der Waals surface area contributed by atoms with E-state index in [0.717, 1.165) is 30.3 Å². The van der Waals surface area contributed by atoms with Crippen molar-refractivity contribution in [3.8, 4) is 0 Å². The van der Waals surface area contributed by atoms with Crippen molar-refractivity contribution >= 4 is 5.69 Å². The molecular weight excluding hydrogens is 212 g/mol. The Hall–Kier alpha value is -1.09. The zero-order chi connectivity index (χ0) is 12.5. The third kappa shape index (κ3) is 2.60. The molecule has 94 valence electrons. The zero-order valence-electron chi connectivity index (χ0n) is 11.0.